The first-order chi connectivity index (χ1) is 13.3. The summed E-state index contributed by atoms with van der Waals surface area (Å²) in [5, 5.41) is 13.5. The van der Waals surface area contributed by atoms with Crippen LogP contribution in [0.3, 0.4) is 0 Å². The van der Waals surface area contributed by atoms with Gasteiger partial charge in [0.2, 0.25) is 5.91 Å². The van der Waals surface area contributed by atoms with Crippen LogP contribution >= 0.6 is 12.4 Å². The van der Waals surface area contributed by atoms with Crippen molar-refractivity contribution in [3.8, 4) is 0 Å². The highest BCUT2D eigenvalue weighted by Crippen LogP contribution is 2.28. The van der Waals surface area contributed by atoms with Gasteiger partial charge in [-0.1, -0.05) is 46.0 Å². The van der Waals surface area contributed by atoms with Crippen LogP contribution in [0.25, 0.3) is 0 Å². The van der Waals surface area contributed by atoms with E-state index in [2.05, 4.69) is 19.2 Å². The number of aliphatic hydroxyl groups excluding tert-OH is 1. The van der Waals surface area contributed by atoms with E-state index in [9.17, 15) is 14.7 Å². The summed E-state index contributed by atoms with van der Waals surface area (Å²) in [4.78, 5) is 24.0. The Bertz CT molecular complexity index is 456. The summed E-state index contributed by atoms with van der Waals surface area (Å²) in [5.41, 5.74) is 6.28. The van der Waals surface area contributed by atoms with Crippen LogP contribution in [0.1, 0.15) is 85.0 Å². The van der Waals surface area contributed by atoms with Gasteiger partial charge in [0, 0.05) is 24.9 Å². The molecule has 0 saturated heterocycles. The minimum absolute atomic E-state index is 0. The summed E-state index contributed by atoms with van der Waals surface area (Å²) in [5.74, 6) is 0.423. The van der Waals surface area contributed by atoms with Gasteiger partial charge in [-0.15, -0.1) is 12.4 Å². The van der Waals surface area contributed by atoms with E-state index in [0.717, 1.165) is 12.8 Å². The summed E-state index contributed by atoms with van der Waals surface area (Å²) in [7, 11) is 0. The van der Waals surface area contributed by atoms with Crippen LogP contribution < -0.4 is 11.1 Å². The number of ether oxygens (including phenoxy) is 1. The van der Waals surface area contributed by atoms with E-state index in [4.69, 9.17) is 10.5 Å². The third-order valence-electron chi connectivity index (χ3n) is 5.64. The van der Waals surface area contributed by atoms with E-state index in [1.807, 2.05) is 0 Å². The molecule has 1 amide bonds. The summed E-state index contributed by atoms with van der Waals surface area (Å²) in [6.45, 7) is 6.75. The number of hydrogen-bond donors (Lipinski definition) is 3. The minimum Gasteiger partial charge on any atom is -0.466 e. The van der Waals surface area contributed by atoms with Gasteiger partial charge in [-0.2, -0.15) is 0 Å². The highest BCUT2D eigenvalue weighted by Gasteiger charge is 2.27. The maximum atomic E-state index is 12.6. The van der Waals surface area contributed by atoms with Crippen molar-refractivity contribution in [3.05, 3.63) is 0 Å². The van der Waals surface area contributed by atoms with Gasteiger partial charge < -0.3 is 20.9 Å². The highest BCUT2D eigenvalue weighted by molar-refractivity contribution is 5.85. The van der Waals surface area contributed by atoms with Crippen molar-refractivity contribution in [2.24, 2.45) is 23.5 Å². The first-order valence-corrected chi connectivity index (χ1v) is 11.2. The molecule has 1 aliphatic carbocycles. The Morgan fingerprint density at radius 2 is 1.83 bits per heavy atom. The Kier molecular flexibility index (Phi) is 15.5. The molecule has 0 aromatic rings. The van der Waals surface area contributed by atoms with Crippen LogP contribution in [0.2, 0.25) is 0 Å². The largest absolute Gasteiger partial charge is 0.466 e. The Morgan fingerprint density at radius 3 is 2.41 bits per heavy atom. The molecule has 1 rings (SSSR count). The van der Waals surface area contributed by atoms with Crippen molar-refractivity contribution in [1.29, 1.82) is 0 Å². The molecule has 0 unspecified atom stereocenters. The minimum atomic E-state index is -0.657. The molecule has 7 heteroatoms. The number of halogens is 1. The summed E-state index contributed by atoms with van der Waals surface area (Å²) in [6.07, 6.45) is 8.41. The third-order valence-corrected chi connectivity index (χ3v) is 5.64. The lowest BCUT2D eigenvalue weighted by atomic mass is 9.82. The number of carbonyl (C=O) groups excluding carboxylic acids is 2. The fourth-order valence-electron chi connectivity index (χ4n) is 4.13. The molecule has 29 heavy (non-hydrogen) atoms. The van der Waals surface area contributed by atoms with Gasteiger partial charge in [0.1, 0.15) is 0 Å². The van der Waals surface area contributed by atoms with Crippen molar-refractivity contribution in [2.75, 3.05) is 13.2 Å². The topological polar surface area (TPSA) is 102 Å². The van der Waals surface area contributed by atoms with Crippen LogP contribution in [0.5, 0.6) is 0 Å². The van der Waals surface area contributed by atoms with Crippen LogP contribution in [0, 0.1) is 17.8 Å². The van der Waals surface area contributed by atoms with Gasteiger partial charge in [-0.3, -0.25) is 9.59 Å². The summed E-state index contributed by atoms with van der Waals surface area (Å²) < 4.78 is 4.89. The fraction of sp³-hybridized carbons (Fsp3) is 0.909. The molecule has 1 saturated carbocycles. The number of esters is 1. The van der Waals surface area contributed by atoms with Gasteiger partial charge >= 0.3 is 5.97 Å². The summed E-state index contributed by atoms with van der Waals surface area (Å²) in [6, 6.07) is -0.269. The van der Waals surface area contributed by atoms with E-state index < -0.39 is 6.10 Å². The quantitative estimate of drug-likeness (QED) is 0.303. The van der Waals surface area contributed by atoms with Crippen molar-refractivity contribution in [2.45, 2.75) is 97.1 Å². The molecule has 0 bridgehead atoms. The van der Waals surface area contributed by atoms with Crippen LogP contribution in [0.15, 0.2) is 0 Å². The van der Waals surface area contributed by atoms with Gasteiger partial charge in [0.25, 0.3) is 0 Å². The zero-order valence-corrected chi connectivity index (χ0v) is 19.3. The van der Waals surface area contributed by atoms with E-state index in [1.54, 1.807) is 6.92 Å². The number of nitrogens with one attached hydrogen (secondary N) is 1. The highest BCUT2D eigenvalue weighted by atomic mass is 35.5. The molecule has 0 aromatic heterocycles. The van der Waals surface area contributed by atoms with Gasteiger partial charge in [-0.25, -0.2) is 0 Å². The lowest BCUT2D eigenvalue weighted by Gasteiger charge is -2.29. The monoisotopic (exact) mass is 434 g/mol. The van der Waals surface area contributed by atoms with Crippen molar-refractivity contribution in [3.63, 3.8) is 0 Å². The SMILES string of the molecule is CCOC(=O)CCCNC(=O)[C@H](CC(C)C)C[C@H](O)[C@@H](N)CC1CCCCC1.Cl. The van der Waals surface area contributed by atoms with Gasteiger partial charge in [0.05, 0.1) is 12.7 Å². The average molecular weight is 435 g/mol. The molecule has 172 valence electrons. The zero-order valence-electron chi connectivity index (χ0n) is 18.5. The van der Waals surface area contributed by atoms with Gasteiger partial charge in [-0.05, 0) is 44.4 Å². The lowest BCUT2D eigenvalue weighted by molar-refractivity contribution is -0.143. The summed E-state index contributed by atoms with van der Waals surface area (Å²) >= 11 is 0. The second kappa shape index (κ2) is 15.9. The molecular weight excluding hydrogens is 392 g/mol. The van der Waals surface area contributed by atoms with E-state index in [1.165, 1.54) is 32.1 Å². The standard InChI is InChI=1S/C22H42N2O4.ClH/c1-4-28-21(26)11-8-12-24-22(27)18(13-16(2)3)15-20(25)19(23)14-17-9-6-5-7-10-17;/h16-20,25H,4-15,23H2,1-3H3,(H,24,27);1H/t18-,19+,20+;/m1./s1. The van der Waals surface area contributed by atoms with Crippen LogP contribution in [0.4, 0.5) is 0 Å². The molecule has 0 spiro atoms. The van der Waals surface area contributed by atoms with E-state index in [0.29, 0.717) is 44.2 Å². The van der Waals surface area contributed by atoms with E-state index >= 15 is 0 Å². The lowest BCUT2D eigenvalue weighted by Crippen LogP contribution is -2.41. The van der Waals surface area contributed by atoms with Crippen LogP contribution in [-0.4, -0.2) is 42.3 Å². The number of carbonyl (C=O) groups is 2. The molecule has 0 heterocycles. The molecule has 1 fully saturated rings. The maximum absolute atomic E-state index is 12.6. The zero-order chi connectivity index (χ0) is 20.9. The molecule has 0 radical (unpaired) electrons. The van der Waals surface area contributed by atoms with Crippen molar-refractivity contribution in [1.82, 2.24) is 5.32 Å². The second-order valence-electron chi connectivity index (χ2n) is 8.73. The molecule has 0 aromatic carbocycles. The molecule has 6 nitrogen and oxygen atoms in total. The first-order valence-electron chi connectivity index (χ1n) is 11.2. The first kappa shape index (κ1) is 28.1. The molecule has 1 aliphatic rings. The predicted octanol–water partition coefficient (Wildman–Crippen LogP) is 3.58. The van der Waals surface area contributed by atoms with Crippen molar-refractivity contribution < 1.29 is 19.4 Å². The number of aliphatic hydroxyl groups is 1. The Hall–Kier alpha value is -0.850. The Labute approximate surface area is 183 Å². The molecule has 0 aliphatic heterocycles. The molecule has 4 N–H and O–H groups in total. The number of hydrogen-bond acceptors (Lipinski definition) is 5. The second-order valence-corrected chi connectivity index (χ2v) is 8.73. The average Bonchev–Trinajstić information content (AvgIpc) is 2.65. The molecule has 3 atom stereocenters. The Morgan fingerprint density at radius 1 is 1.17 bits per heavy atom. The van der Waals surface area contributed by atoms with Crippen LogP contribution in [-0.2, 0) is 14.3 Å². The predicted molar refractivity (Wildman–Crippen MR) is 119 cm³/mol. The van der Waals surface area contributed by atoms with Gasteiger partial charge in [0.15, 0.2) is 0 Å². The number of amides is 1. The third kappa shape index (κ3) is 12.4. The number of rotatable bonds is 13. The smallest absolute Gasteiger partial charge is 0.305 e. The molecular formula is C22H43ClN2O4. The van der Waals surface area contributed by atoms with E-state index in [-0.39, 0.29) is 36.2 Å². The normalized spacial score (nSPS) is 17.9. The Balaban J connectivity index is 0.00000784. The maximum Gasteiger partial charge on any atom is 0.305 e. The fourth-order valence-corrected chi connectivity index (χ4v) is 4.13. The number of nitrogens with two attached hydrogens (primary N) is 1. The van der Waals surface area contributed by atoms with Crippen molar-refractivity contribution >= 4 is 24.3 Å².